The van der Waals surface area contributed by atoms with Gasteiger partial charge in [-0.05, 0) is 52.2 Å². The smallest absolute Gasteiger partial charge is 0.269 e. The third kappa shape index (κ3) is 7.92. The molecule has 0 atom stereocenters. The van der Waals surface area contributed by atoms with Crippen LogP contribution in [0.4, 0.5) is 5.69 Å². The molecule has 3 aromatic rings. The van der Waals surface area contributed by atoms with Gasteiger partial charge >= 0.3 is 0 Å². The number of benzene rings is 2. The van der Waals surface area contributed by atoms with Crippen LogP contribution in [0.2, 0.25) is 0 Å². The summed E-state index contributed by atoms with van der Waals surface area (Å²) in [5, 5.41) is 15.8. The largest absolute Gasteiger partial charge is 0.399 e. The topological polar surface area (TPSA) is 172 Å². The molecular weight excluding hydrogens is 492 g/mol. The summed E-state index contributed by atoms with van der Waals surface area (Å²) in [6.07, 6.45) is 0. The van der Waals surface area contributed by atoms with Gasteiger partial charge in [0.2, 0.25) is 0 Å². The van der Waals surface area contributed by atoms with Gasteiger partial charge in [-0.25, -0.2) is 4.98 Å². The molecule has 0 fully saturated rings. The van der Waals surface area contributed by atoms with Gasteiger partial charge < -0.3 is 21.5 Å². The van der Waals surface area contributed by atoms with Crippen molar-refractivity contribution in [2.75, 3.05) is 42.7 Å². The van der Waals surface area contributed by atoms with Crippen molar-refractivity contribution in [2.45, 2.75) is 0 Å². The highest BCUT2D eigenvalue weighted by atomic mass is 32.2. The molecule has 0 radical (unpaired) electrons. The minimum Gasteiger partial charge on any atom is -0.399 e. The fourth-order valence-corrected chi connectivity index (χ4v) is 4.19. The van der Waals surface area contributed by atoms with Crippen molar-refractivity contribution < 1.29 is 27.7 Å². The lowest BCUT2D eigenvalue weighted by Crippen LogP contribution is -2.31. The first-order chi connectivity index (χ1) is 16.7. The van der Waals surface area contributed by atoms with Crippen LogP contribution in [0.3, 0.4) is 0 Å². The first-order valence-corrected chi connectivity index (χ1v) is 13.4. The molecule has 0 aliphatic heterocycles. The molecule has 35 heavy (non-hydrogen) atoms. The van der Waals surface area contributed by atoms with Gasteiger partial charge in [-0.15, -0.1) is 0 Å². The Hall–Kier alpha value is -3.19. The third-order valence-corrected chi connectivity index (χ3v) is 6.59. The number of nitrogens with two attached hydrogens (primary N) is 1. The Morgan fingerprint density at radius 1 is 0.886 bits per heavy atom. The predicted molar refractivity (Wildman–Crippen MR) is 137 cm³/mol. The average molecular weight is 519 g/mol. The molecular formula is C23H26N4O6S2. The normalized spacial score (nSPS) is 11.4. The van der Waals surface area contributed by atoms with E-state index in [4.69, 9.17) is 15.4 Å². The summed E-state index contributed by atoms with van der Waals surface area (Å²) in [5.74, 6) is -0.646. The number of carbonyl (C=O) groups excluding carboxylic acids is 2. The maximum atomic E-state index is 12.7. The van der Waals surface area contributed by atoms with Crippen molar-refractivity contribution in [1.82, 2.24) is 15.6 Å². The molecule has 12 heteroatoms. The second-order valence-electron chi connectivity index (χ2n) is 7.58. The van der Waals surface area contributed by atoms with Crippen molar-refractivity contribution in [3.8, 4) is 11.1 Å². The number of rotatable bonds is 11. The Morgan fingerprint density at radius 2 is 1.51 bits per heavy atom. The number of aliphatic hydroxyl groups excluding tert-OH is 1. The summed E-state index contributed by atoms with van der Waals surface area (Å²) in [7, 11) is -4.24. The molecule has 0 bridgehead atoms. The van der Waals surface area contributed by atoms with Crippen molar-refractivity contribution in [3.63, 3.8) is 0 Å². The molecule has 0 aliphatic carbocycles. The molecule has 0 saturated heterocycles. The molecule has 2 aromatic carbocycles. The number of aromatic nitrogens is 1. The van der Waals surface area contributed by atoms with Gasteiger partial charge in [-0.1, -0.05) is 18.2 Å². The molecule has 0 spiro atoms. The highest BCUT2D eigenvalue weighted by Crippen LogP contribution is 2.27. The zero-order valence-electron chi connectivity index (χ0n) is 18.7. The van der Waals surface area contributed by atoms with E-state index in [1.807, 2.05) is 30.3 Å². The summed E-state index contributed by atoms with van der Waals surface area (Å²) >= 11 is 1.48. The highest BCUT2D eigenvalue weighted by Gasteiger charge is 2.17. The van der Waals surface area contributed by atoms with Gasteiger partial charge in [0.25, 0.3) is 21.9 Å². The third-order valence-electron chi connectivity index (χ3n) is 4.90. The molecule has 1 heterocycles. The number of hydrogen-bond acceptors (Lipinski definition) is 8. The lowest BCUT2D eigenvalue weighted by molar-refractivity contribution is 0.0947. The standard InChI is InChI=1S/C23H26N4O6S2/c24-19-4-3-15-11-16(1-2-17(15)12-19)18-13-20(22(29)25-5-8-34-9-7-28)27-21(14-18)23(30)26-6-10-35(31,32)33/h1-4,11-14,28H,5-10,24H2,(H,25,29)(H,26,30)(H,31,32,33). The highest BCUT2D eigenvalue weighted by molar-refractivity contribution is 7.99. The number of nitrogen functional groups attached to an aromatic ring is 1. The lowest BCUT2D eigenvalue weighted by Gasteiger charge is -2.11. The molecule has 0 saturated carbocycles. The maximum absolute atomic E-state index is 12.7. The first-order valence-electron chi connectivity index (χ1n) is 10.7. The summed E-state index contributed by atoms with van der Waals surface area (Å²) in [4.78, 5) is 29.6. The van der Waals surface area contributed by atoms with Crippen molar-refractivity contribution in [1.29, 1.82) is 0 Å². The SMILES string of the molecule is Nc1ccc2cc(-c3cc(C(=O)NCCSCCO)nc(C(=O)NCCS(=O)(=O)O)c3)ccc2c1. The number of anilines is 1. The Labute approximate surface area is 207 Å². The zero-order chi connectivity index (χ0) is 25.4. The minimum atomic E-state index is -4.24. The van der Waals surface area contributed by atoms with E-state index in [1.54, 1.807) is 12.1 Å². The Morgan fingerprint density at radius 3 is 2.17 bits per heavy atom. The monoisotopic (exact) mass is 518 g/mol. The van der Waals surface area contributed by atoms with Crippen LogP contribution in [0.1, 0.15) is 21.0 Å². The second-order valence-corrected chi connectivity index (χ2v) is 10.4. The summed E-state index contributed by atoms with van der Waals surface area (Å²) < 4.78 is 30.8. The quantitative estimate of drug-likeness (QED) is 0.143. The van der Waals surface area contributed by atoms with E-state index in [9.17, 15) is 18.0 Å². The van der Waals surface area contributed by atoms with Crippen molar-refractivity contribution in [3.05, 3.63) is 59.9 Å². The minimum absolute atomic E-state index is 0.0204. The van der Waals surface area contributed by atoms with E-state index in [1.165, 1.54) is 17.8 Å². The van der Waals surface area contributed by atoms with E-state index in [-0.39, 0.29) is 24.5 Å². The van der Waals surface area contributed by atoms with Crippen LogP contribution in [-0.4, -0.2) is 71.8 Å². The fraction of sp³-hybridized carbons (Fsp3) is 0.261. The number of thioether (sulfide) groups is 1. The van der Waals surface area contributed by atoms with Gasteiger partial charge in [-0.2, -0.15) is 20.2 Å². The van der Waals surface area contributed by atoms with E-state index < -0.39 is 27.7 Å². The first kappa shape index (κ1) is 26.4. The molecule has 10 nitrogen and oxygen atoms in total. The molecule has 1 aromatic heterocycles. The van der Waals surface area contributed by atoms with Gasteiger partial charge in [0, 0.05) is 30.3 Å². The van der Waals surface area contributed by atoms with Crippen LogP contribution in [0.25, 0.3) is 21.9 Å². The number of nitrogens with zero attached hydrogens (tertiary/aromatic N) is 1. The average Bonchev–Trinajstić information content (AvgIpc) is 2.82. The Bertz CT molecular complexity index is 1330. The van der Waals surface area contributed by atoms with E-state index in [0.717, 1.165) is 16.3 Å². The van der Waals surface area contributed by atoms with Gasteiger partial charge in [0.05, 0.1) is 12.4 Å². The molecule has 2 amide bonds. The van der Waals surface area contributed by atoms with E-state index in [2.05, 4.69) is 15.6 Å². The Balaban J connectivity index is 1.90. The number of amides is 2. The second kappa shape index (κ2) is 12.0. The van der Waals surface area contributed by atoms with Gasteiger partial charge in [0.15, 0.2) is 0 Å². The summed E-state index contributed by atoms with van der Waals surface area (Å²) in [6, 6.07) is 14.2. The zero-order valence-corrected chi connectivity index (χ0v) is 20.4. The van der Waals surface area contributed by atoms with Crippen LogP contribution in [0.5, 0.6) is 0 Å². The number of nitrogens with one attached hydrogen (secondary N) is 2. The van der Waals surface area contributed by atoms with Crippen LogP contribution in [0.15, 0.2) is 48.5 Å². The molecule has 186 valence electrons. The number of carbonyl (C=O) groups is 2. The van der Waals surface area contributed by atoms with Crippen LogP contribution < -0.4 is 16.4 Å². The lowest BCUT2D eigenvalue weighted by atomic mass is 10.00. The predicted octanol–water partition coefficient (Wildman–Crippen LogP) is 1.56. The van der Waals surface area contributed by atoms with Crippen LogP contribution >= 0.6 is 11.8 Å². The number of pyridine rings is 1. The van der Waals surface area contributed by atoms with Crippen molar-refractivity contribution in [2.24, 2.45) is 0 Å². The molecule has 3 rings (SSSR count). The van der Waals surface area contributed by atoms with Gasteiger partial charge in [-0.3, -0.25) is 14.1 Å². The molecule has 0 unspecified atom stereocenters. The fourth-order valence-electron chi connectivity index (χ4n) is 3.25. The summed E-state index contributed by atoms with van der Waals surface area (Å²) in [6.45, 7) is 0.0872. The van der Waals surface area contributed by atoms with Crippen molar-refractivity contribution >= 4 is 50.2 Å². The number of aliphatic hydroxyl groups is 1. The van der Waals surface area contributed by atoms with E-state index in [0.29, 0.717) is 29.3 Å². The van der Waals surface area contributed by atoms with Gasteiger partial charge in [0.1, 0.15) is 11.4 Å². The summed E-state index contributed by atoms with van der Waals surface area (Å²) in [5.41, 5.74) is 7.74. The number of hydrogen-bond donors (Lipinski definition) is 5. The van der Waals surface area contributed by atoms with Crippen LogP contribution in [-0.2, 0) is 10.1 Å². The van der Waals surface area contributed by atoms with E-state index >= 15 is 0 Å². The molecule has 6 N–H and O–H groups in total. The molecule has 0 aliphatic rings. The van der Waals surface area contributed by atoms with Crippen LogP contribution in [0, 0.1) is 0 Å². The number of fused-ring (bicyclic) bond motifs is 1. The Kier molecular flexibility index (Phi) is 9.04. The maximum Gasteiger partial charge on any atom is 0.269 e.